The highest BCUT2D eigenvalue weighted by Gasteiger charge is 2.13. The number of aryl methyl sites for hydroxylation is 1. The number of amides is 1. The maximum atomic E-state index is 12.4. The second kappa shape index (κ2) is 10.5. The van der Waals surface area contributed by atoms with Gasteiger partial charge in [0.2, 0.25) is 0 Å². The minimum atomic E-state index is -0.522. The summed E-state index contributed by atoms with van der Waals surface area (Å²) in [5, 5.41) is 15.8. The number of hydrazone groups is 1. The molecule has 0 radical (unpaired) electrons. The van der Waals surface area contributed by atoms with E-state index in [1.54, 1.807) is 0 Å². The summed E-state index contributed by atoms with van der Waals surface area (Å²) >= 11 is 7.36. The van der Waals surface area contributed by atoms with Gasteiger partial charge in [-0.2, -0.15) is 5.10 Å². The van der Waals surface area contributed by atoms with Crippen LogP contribution in [-0.2, 0) is 11.3 Å². The fourth-order valence-corrected chi connectivity index (χ4v) is 4.24. The largest absolute Gasteiger partial charge is 0.314 e. The van der Waals surface area contributed by atoms with Gasteiger partial charge in [-0.05, 0) is 30.7 Å². The predicted molar refractivity (Wildman–Crippen MR) is 135 cm³/mol. The van der Waals surface area contributed by atoms with Crippen LogP contribution in [0.4, 0.5) is 5.69 Å². The molecule has 0 bridgehead atoms. The van der Waals surface area contributed by atoms with Crippen LogP contribution >= 0.6 is 23.4 Å². The molecule has 0 saturated heterocycles. The van der Waals surface area contributed by atoms with Crippen LogP contribution in [0.15, 0.2) is 77.0 Å². The van der Waals surface area contributed by atoms with Gasteiger partial charge in [0.05, 0.1) is 34.5 Å². The van der Waals surface area contributed by atoms with Gasteiger partial charge < -0.3 is 4.57 Å². The minimum Gasteiger partial charge on any atom is -0.314 e. The molecule has 0 atom stereocenters. The van der Waals surface area contributed by atoms with Gasteiger partial charge in [-0.15, -0.1) is 0 Å². The molecule has 1 N–H and O–H groups in total. The average Bonchev–Trinajstić information content (AvgIpc) is 3.17. The van der Waals surface area contributed by atoms with Crippen molar-refractivity contribution >= 4 is 52.2 Å². The molecular weight excluding hydrogens is 474 g/mol. The third-order valence-corrected chi connectivity index (χ3v) is 6.32. The Morgan fingerprint density at radius 2 is 1.97 bits per heavy atom. The van der Waals surface area contributed by atoms with E-state index < -0.39 is 4.92 Å². The standard InChI is InChI=1S/C24H20ClN5O3S/c1-16-6-8-17(9-7-16)14-29-22-5-3-2-4-21(22)27-24(29)34-15-23(31)28-26-13-18-12-19(30(32)33)10-11-20(18)25/h2-13H,14-15H2,1H3,(H,28,31)/b26-13-. The SMILES string of the molecule is Cc1ccc(Cn2c(SCC(=O)N/N=C\c3cc([N+](=O)[O-])ccc3Cl)nc3ccccc32)cc1. The molecule has 0 aliphatic rings. The van der Waals surface area contributed by atoms with Crippen LogP contribution in [0.5, 0.6) is 0 Å². The summed E-state index contributed by atoms with van der Waals surface area (Å²) in [6, 6.07) is 20.2. The number of hydrogen-bond donors (Lipinski definition) is 1. The van der Waals surface area contributed by atoms with Crippen molar-refractivity contribution in [2.75, 3.05) is 5.75 Å². The number of hydrogen-bond acceptors (Lipinski definition) is 6. The van der Waals surface area contributed by atoms with Gasteiger partial charge >= 0.3 is 0 Å². The van der Waals surface area contributed by atoms with Crippen molar-refractivity contribution in [2.24, 2.45) is 5.10 Å². The first-order chi connectivity index (χ1) is 16.4. The van der Waals surface area contributed by atoms with Crippen molar-refractivity contribution in [1.82, 2.24) is 15.0 Å². The molecule has 0 spiro atoms. The molecule has 0 fully saturated rings. The van der Waals surface area contributed by atoms with E-state index >= 15 is 0 Å². The van der Waals surface area contributed by atoms with Crippen molar-refractivity contribution in [3.8, 4) is 0 Å². The number of carbonyl (C=O) groups is 1. The number of para-hydroxylation sites is 2. The number of fused-ring (bicyclic) bond motifs is 1. The maximum absolute atomic E-state index is 12.4. The molecular formula is C24H20ClN5O3S. The molecule has 34 heavy (non-hydrogen) atoms. The molecule has 1 heterocycles. The van der Waals surface area contributed by atoms with Gasteiger partial charge in [-0.3, -0.25) is 14.9 Å². The number of halogens is 1. The number of benzene rings is 3. The van der Waals surface area contributed by atoms with E-state index in [9.17, 15) is 14.9 Å². The van der Waals surface area contributed by atoms with Crippen molar-refractivity contribution in [2.45, 2.75) is 18.6 Å². The van der Waals surface area contributed by atoms with Gasteiger partial charge in [0.25, 0.3) is 11.6 Å². The first-order valence-electron chi connectivity index (χ1n) is 10.3. The first kappa shape index (κ1) is 23.5. The van der Waals surface area contributed by atoms with E-state index in [1.165, 1.54) is 41.7 Å². The van der Waals surface area contributed by atoms with E-state index in [0.29, 0.717) is 17.1 Å². The van der Waals surface area contributed by atoms with E-state index in [2.05, 4.69) is 39.4 Å². The third-order valence-electron chi connectivity index (χ3n) is 5.00. The number of carbonyl (C=O) groups excluding carboxylic acids is 1. The highest BCUT2D eigenvalue weighted by molar-refractivity contribution is 7.99. The second-order valence-electron chi connectivity index (χ2n) is 7.50. The number of nitro groups is 1. The number of imidazole rings is 1. The second-order valence-corrected chi connectivity index (χ2v) is 8.85. The summed E-state index contributed by atoms with van der Waals surface area (Å²) in [6.07, 6.45) is 1.28. The summed E-state index contributed by atoms with van der Waals surface area (Å²) in [5.74, 6) is -0.242. The van der Waals surface area contributed by atoms with Crippen molar-refractivity contribution < 1.29 is 9.72 Å². The Kier molecular flexibility index (Phi) is 7.24. The molecule has 10 heteroatoms. The van der Waals surface area contributed by atoms with Gasteiger partial charge in [0.15, 0.2) is 5.16 Å². The van der Waals surface area contributed by atoms with Crippen molar-refractivity contribution in [1.29, 1.82) is 0 Å². The number of nitro benzene ring substituents is 1. The van der Waals surface area contributed by atoms with Crippen LogP contribution in [0.1, 0.15) is 16.7 Å². The number of nitrogens with one attached hydrogen (secondary N) is 1. The zero-order valence-electron chi connectivity index (χ0n) is 18.1. The fraction of sp³-hybridized carbons (Fsp3) is 0.125. The predicted octanol–water partition coefficient (Wildman–Crippen LogP) is 5.20. The lowest BCUT2D eigenvalue weighted by atomic mass is 10.1. The van der Waals surface area contributed by atoms with Gasteiger partial charge in [-0.1, -0.05) is 65.3 Å². The number of aromatic nitrogens is 2. The summed E-state index contributed by atoms with van der Waals surface area (Å²) in [6.45, 7) is 2.68. The van der Waals surface area contributed by atoms with E-state index in [4.69, 9.17) is 16.6 Å². The monoisotopic (exact) mass is 493 g/mol. The maximum Gasteiger partial charge on any atom is 0.270 e. The minimum absolute atomic E-state index is 0.0945. The van der Waals surface area contributed by atoms with E-state index in [1.807, 2.05) is 31.2 Å². The highest BCUT2D eigenvalue weighted by atomic mass is 35.5. The highest BCUT2D eigenvalue weighted by Crippen LogP contribution is 2.25. The molecule has 4 rings (SSSR count). The molecule has 3 aromatic carbocycles. The van der Waals surface area contributed by atoms with Crippen molar-refractivity contribution in [3.05, 3.63) is 98.6 Å². The Hall–Kier alpha value is -3.69. The zero-order valence-corrected chi connectivity index (χ0v) is 19.7. The lowest BCUT2D eigenvalue weighted by Gasteiger charge is -2.09. The average molecular weight is 494 g/mol. The Balaban J connectivity index is 1.44. The number of thioether (sulfide) groups is 1. The van der Waals surface area contributed by atoms with Gasteiger partial charge in [-0.25, -0.2) is 10.4 Å². The lowest BCUT2D eigenvalue weighted by molar-refractivity contribution is -0.384. The van der Waals surface area contributed by atoms with Crippen LogP contribution in [0.3, 0.4) is 0 Å². The topological polar surface area (TPSA) is 102 Å². The first-order valence-corrected chi connectivity index (χ1v) is 11.7. The Bertz CT molecular complexity index is 1390. The molecule has 0 unspecified atom stereocenters. The van der Waals surface area contributed by atoms with Crippen molar-refractivity contribution in [3.63, 3.8) is 0 Å². The van der Waals surface area contributed by atoms with Crippen LogP contribution in [0.2, 0.25) is 5.02 Å². The summed E-state index contributed by atoms with van der Waals surface area (Å²) in [5.41, 5.74) is 6.83. The smallest absolute Gasteiger partial charge is 0.270 e. The summed E-state index contributed by atoms with van der Waals surface area (Å²) in [7, 11) is 0. The number of rotatable bonds is 8. The molecule has 0 aliphatic heterocycles. The molecule has 0 saturated carbocycles. The van der Waals surface area contributed by atoms with Crippen LogP contribution < -0.4 is 5.43 Å². The Morgan fingerprint density at radius 3 is 2.74 bits per heavy atom. The normalized spacial score (nSPS) is 11.2. The Labute approximate surface area is 204 Å². The molecule has 0 aliphatic carbocycles. The lowest BCUT2D eigenvalue weighted by Crippen LogP contribution is -2.20. The molecule has 1 amide bonds. The number of non-ortho nitro benzene ring substituents is 1. The summed E-state index contributed by atoms with van der Waals surface area (Å²) < 4.78 is 2.09. The third kappa shape index (κ3) is 5.62. The zero-order chi connectivity index (χ0) is 24.1. The Morgan fingerprint density at radius 1 is 1.21 bits per heavy atom. The van der Waals surface area contributed by atoms with E-state index in [-0.39, 0.29) is 17.3 Å². The molecule has 4 aromatic rings. The number of nitrogens with zero attached hydrogens (tertiary/aromatic N) is 4. The fourth-order valence-electron chi connectivity index (χ4n) is 3.27. The summed E-state index contributed by atoms with van der Waals surface area (Å²) in [4.78, 5) is 27.5. The van der Waals surface area contributed by atoms with E-state index in [0.717, 1.165) is 21.8 Å². The molecule has 1 aromatic heterocycles. The van der Waals surface area contributed by atoms with Crippen LogP contribution in [-0.4, -0.2) is 32.3 Å². The molecule has 8 nitrogen and oxygen atoms in total. The quantitative estimate of drug-likeness (QED) is 0.157. The van der Waals surface area contributed by atoms with Crippen LogP contribution in [0, 0.1) is 17.0 Å². The molecule has 172 valence electrons. The van der Waals surface area contributed by atoms with Gasteiger partial charge in [0.1, 0.15) is 0 Å². The van der Waals surface area contributed by atoms with Crippen LogP contribution in [0.25, 0.3) is 11.0 Å². The van der Waals surface area contributed by atoms with Gasteiger partial charge in [0, 0.05) is 22.7 Å².